The van der Waals surface area contributed by atoms with Gasteiger partial charge in [-0.05, 0) is 61.2 Å². The smallest absolute Gasteiger partial charge is 0.417 e. The van der Waals surface area contributed by atoms with Crippen molar-refractivity contribution < 1.29 is 27.1 Å². The van der Waals surface area contributed by atoms with Crippen molar-refractivity contribution in [1.82, 2.24) is 9.71 Å². The summed E-state index contributed by atoms with van der Waals surface area (Å²) in [5.74, 6) is -0.0908. The Morgan fingerprint density at radius 3 is 2.57 bits per heavy atom. The summed E-state index contributed by atoms with van der Waals surface area (Å²) in [4.78, 5) is 18.2. The average molecular weight is 530 g/mol. The van der Waals surface area contributed by atoms with E-state index in [0.29, 0.717) is 29.9 Å². The Bertz CT molecular complexity index is 1150. The Morgan fingerprint density at radius 1 is 1.26 bits per heavy atom. The lowest BCUT2D eigenvalue weighted by Crippen LogP contribution is -2.58. The molecule has 0 unspecified atom stereocenters. The molecule has 35 heavy (non-hydrogen) atoms. The molecule has 3 aliphatic rings. The Hall–Kier alpha value is -2.20. The summed E-state index contributed by atoms with van der Waals surface area (Å²) in [5, 5.41) is 0.359. The monoisotopic (exact) mass is 529 g/mol. The second kappa shape index (κ2) is 9.03. The van der Waals surface area contributed by atoms with Crippen LogP contribution < -0.4 is 14.4 Å². The van der Waals surface area contributed by atoms with Crippen LogP contribution in [0.3, 0.4) is 0 Å². The molecule has 5 nitrogen and oxygen atoms in total. The zero-order valence-corrected chi connectivity index (χ0v) is 20.5. The van der Waals surface area contributed by atoms with Gasteiger partial charge >= 0.3 is 6.18 Å². The minimum absolute atomic E-state index is 0.0245. The minimum Gasteiger partial charge on any atom is -0.492 e. The molecule has 0 atom stereocenters. The highest BCUT2D eigenvalue weighted by atomic mass is 35.5. The van der Waals surface area contributed by atoms with Crippen LogP contribution in [0, 0.1) is 11.2 Å². The standard InChI is InChI=1S/C24H24ClF4N3O2S/c1-23(10-32(11-23)21-18(25)6-14(9-30-21)24(27,28)29)12-34-20-8-19(26)17(7-16(20)13-2-3-13)22(33)31-35-15-4-5-15/h6-9,13,15H,2-5,10-12H2,1H3,(H,31,33). The van der Waals surface area contributed by atoms with Gasteiger partial charge in [0.1, 0.15) is 17.4 Å². The predicted octanol–water partition coefficient (Wildman–Crippen LogP) is 6.22. The second-order valence-electron chi connectivity index (χ2n) is 9.88. The van der Waals surface area contributed by atoms with Gasteiger partial charge in [-0.1, -0.05) is 18.5 Å². The molecule has 2 aliphatic carbocycles. The first-order valence-corrected chi connectivity index (χ1v) is 12.7. The molecular weight excluding hydrogens is 506 g/mol. The molecule has 188 valence electrons. The average Bonchev–Trinajstić information content (AvgIpc) is 3.67. The quantitative estimate of drug-likeness (QED) is 0.325. The molecule has 0 spiro atoms. The van der Waals surface area contributed by atoms with Gasteiger partial charge in [0.2, 0.25) is 0 Å². The molecule has 1 N–H and O–H groups in total. The molecule has 1 aromatic heterocycles. The van der Waals surface area contributed by atoms with Gasteiger partial charge in [-0.15, -0.1) is 0 Å². The summed E-state index contributed by atoms with van der Waals surface area (Å²) >= 11 is 7.40. The lowest BCUT2D eigenvalue weighted by molar-refractivity contribution is -0.137. The highest BCUT2D eigenvalue weighted by molar-refractivity contribution is 7.98. The third kappa shape index (κ3) is 5.48. The van der Waals surface area contributed by atoms with Crippen LogP contribution in [-0.4, -0.2) is 35.8 Å². The van der Waals surface area contributed by atoms with Crippen molar-refractivity contribution in [2.24, 2.45) is 5.41 Å². The maximum atomic E-state index is 14.8. The van der Waals surface area contributed by atoms with Crippen LogP contribution in [0.1, 0.15) is 60.0 Å². The van der Waals surface area contributed by atoms with E-state index in [1.165, 1.54) is 18.0 Å². The molecule has 1 aliphatic heterocycles. The highest BCUT2D eigenvalue weighted by Gasteiger charge is 2.42. The fourth-order valence-electron chi connectivity index (χ4n) is 4.15. The fraction of sp³-hybridized carbons (Fsp3) is 0.500. The zero-order valence-electron chi connectivity index (χ0n) is 18.9. The van der Waals surface area contributed by atoms with Crippen LogP contribution in [0.15, 0.2) is 24.4 Å². The van der Waals surface area contributed by atoms with Crippen molar-refractivity contribution in [1.29, 1.82) is 0 Å². The highest BCUT2D eigenvalue weighted by Crippen LogP contribution is 2.46. The number of carbonyl (C=O) groups excluding carboxylic acids is 1. The number of halogens is 5. The predicted molar refractivity (Wildman–Crippen MR) is 127 cm³/mol. The lowest BCUT2D eigenvalue weighted by atomic mass is 9.83. The van der Waals surface area contributed by atoms with Crippen LogP contribution in [0.4, 0.5) is 23.4 Å². The van der Waals surface area contributed by atoms with Crippen molar-refractivity contribution in [3.8, 4) is 5.75 Å². The van der Waals surface area contributed by atoms with E-state index in [9.17, 15) is 22.4 Å². The summed E-state index contributed by atoms with van der Waals surface area (Å²) < 4.78 is 62.2. The van der Waals surface area contributed by atoms with Crippen molar-refractivity contribution in [3.63, 3.8) is 0 Å². The molecule has 0 radical (unpaired) electrons. The first kappa shape index (κ1) is 24.5. The number of nitrogens with zero attached hydrogens (tertiary/aromatic N) is 2. The number of amides is 1. The number of benzene rings is 1. The first-order valence-electron chi connectivity index (χ1n) is 11.4. The van der Waals surface area contributed by atoms with Crippen LogP contribution >= 0.6 is 23.5 Å². The second-order valence-corrected chi connectivity index (χ2v) is 11.4. The maximum absolute atomic E-state index is 14.8. The minimum atomic E-state index is -4.51. The van der Waals surface area contributed by atoms with Crippen molar-refractivity contribution in [2.75, 3.05) is 24.6 Å². The third-order valence-electron chi connectivity index (χ3n) is 6.37. The number of pyridine rings is 1. The Kier molecular flexibility index (Phi) is 6.32. The molecule has 5 rings (SSSR count). The molecule has 2 saturated carbocycles. The summed E-state index contributed by atoms with van der Waals surface area (Å²) in [6.07, 6.45) is 0.313. The number of anilines is 1. The van der Waals surface area contributed by atoms with Crippen LogP contribution in [-0.2, 0) is 6.18 Å². The van der Waals surface area contributed by atoms with Crippen molar-refractivity contribution in [2.45, 2.75) is 50.0 Å². The topological polar surface area (TPSA) is 54.5 Å². The maximum Gasteiger partial charge on any atom is 0.417 e. The van der Waals surface area contributed by atoms with Gasteiger partial charge in [-0.25, -0.2) is 9.37 Å². The van der Waals surface area contributed by atoms with E-state index in [-0.39, 0.29) is 28.5 Å². The number of hydrogen-bond donors (Lipinski definition) is 1. The number of nitrogens with one attached hydrogen (secondary N) is 1. The van der Waals surface area contributed by atoms with E-state index >= 15 is 0 Å². The Labute approximate surface area is 209 Å². The fourth-order valence-corrected chi connectivity index (χ4v) is 5.19. The number of aromatic nitrogens is 1. The molecule has 3 fully saturated rings. The number of alkyl halides is 3. The molecule has 1 amide bonds. The molecule has 0 bridgehead atoms. The van der Waals surface area contributed by atoms with Gasteiger partial charge in [-0.2, -0.15) is 13.2 Å². The zero-order chi connectivity index (χ0) is 25.0. The Balaban J connectivity index is 1.23. The van der Waals surface area contributed by atoms with Crippen LogP contribution in [0.25, 0.3) is 0 Å². The van der Waals surface area contributed by atoms with E-state index in [4.69, 9.17) is 16.3 Å². The summed E-state index contributed by atoms with van der Waals surface area (Å²) in [6, 6.07) is 3.77. The SMILES string of the molecule is CC1(COc2cc(F)c(C(=O)NSC3CC3)cc2C2CC2)CN(c2ncc(C(F)(F)F)cc2Cl)C1. The van der Waals surface area contributed by atoms with E-state index in [2.05, 4.69) is 9.71 Å². The van der Waals surface area contributed by atoms with Gasteiger partial charge in [0, 0.05) is 36.0 Å². The largest absolute Gasteiger partial charge is 0.492 e. The van der Waals surface area contributed by atoms with Gasteiger partial charge < -0.3 is 9.64 Å². The molecule has 1 aromatic carbocycles. The molecule has 11 heteroatoms. The normalized spacial score (nSPS) is 19.3. The third-order valence-corrected chi connectivity index (χ3v) is 7.76. The Morgan fingerprint density at radius 2 is 1.97 bits per heavy atom. The van der Waals surface area contributed by atoms with E-state index < -0.39 is 23.5 Å². The first-order chi connectivity index (χ1) is 16.5. The van der Waals surface area contributed by atoms with Crippen molar-refractivity contribution >= 4 is 35.3 Å². The molecule has 1 saturated heterocycles. The van der Waals surface area contributed by atoms with Crippen LogP contribution in [0.2, 0.25) is 5.02 Å². The van der Waals surface area contributed by atoms with E-state index in [0.717, 1.165) is 43.5 Å². The van der Waals surface area contributed by atoms with Gasteiger partial charge in [0.25, 0.3) is 5.91 Å². The van der Waals surface area contributed by atoms with Crippen LogP contribution in [0.5, 0.6) is 5.75 Å². The number of carbonyl (C=O) groups is 1. The van der Waals surface area contributed by atoms with Gasteiger partial charge in [-0.3, -0.25) is 9.52 Å². The van der Waals surface area contributed by atoms with E-state index in [1.54, 1.807) is 11.0 Å². The number of rotatable bonds is 8. The molecular formula is C24H24ClF4N3O2S. The number of hydrogen-bond acceptors (Lipinski definition) is 5. The number of ether oxygens (including phenoxy) is 1. The van der Waals surface area contributed by atoms with E-state index in [1.807, 2.05) is 6.92 Å². The lowest BCUT2D eigenvalue weighted by Gasteiger charge is -2.48. The summed E-state index contributed by atoms with van der Waals surface area (Å²) in [7, 11) is 0. The van der Waals surface area contributed by atoms with Gasteiger partial charge in [0.15, 0.2) is 0 Å². The molecule has 2 heterocycles. The summed E-state index contributed by atoms with van der Waals surface area (Å²) in [6.45, 7) is 3.21. The summed E-state index contributed by atoms with van der Waals surface area (Å²) in [5.41, 5.74) is -0.352. The van der Waals surface area contributed by atoms with Crippen molar-refractivity contribution in [3.05, 3.63) is 51.9 Å². The van der Waals surface area contributed by atoms with Gasteiger partial charge in [0.05, 0.1) is 22.8 Å². The molecule has 2 aromatic rings.